The molecule has 0 radical (unpaired) electrons. The Morgan fingerprint density at radius 1 is 0.727 bits per heavy atom. The Morgan fingerprint density at radius 3 is 2.15 bits per heavy atom. The molecule has 0 atom stereocenters. The molecule has 1 aromatic heterocycles. The van der Waals surface area contributed by atoms with Crippen LogP contribution in [-0.4, -0.2) is 35.9 Å². The number of fused-ring (bicyclic) bond motifs is 3. The minimum Gasteiger partial charge on any atom is -0.465 e. The van der Waals surface area contributed by atoms with E-state index in [4.69, 9.17) is 14.6 Å². The monoisotopic (exact) mass is 436 g/mol. The maximum absolute atomic E-state index is 13.0. The maximum atomic E-state index is 13.0. The molecule has 4 aromatic carbocycles. The van der Waals surface area contributed by atoms with Crippen LogP contribution in [0.4, 0.5) is 0 Å². The summed E-state index contributed by atoms with van der Waals surface area (Å²) in [6.07, 6.45) is 0. The molecule has 0 aliphatic heterocycles. The van der Waals surface area contributed by atoms with Crippen LogP contribution in [0.15, 0.2) is 84.9 Å². The molecule has 0 N–H and O–H groups in total. The summed E-state index contributed by atoms with van der Waals surface area (Å²) in [5.74, 6) is -1.34. The fraction of sp³-hybridized carbons (Fsp3) is 0.0741. The van der Waals surface area contributed by atoms with Gasteiger partial charge in [0.15, 0.2) is 5.69 Å². The first kappa shape index (κ1) is 20.5. The fourth-order valence-corrected chi connectivity index (χ4v) is 4.20. The zero-order valence-electron chi connectivity index (χ0n) is 18.1. The molecular weight excluding hydrogens is 416 g/mol. The topological polar surface area (TPSA) is 70.4 Å². The summed E-state index contributed by atoms with van der Waals surface area (Å²) >= 11 is 0. The Labute approximate surface area is 190 Å². The van der Waals surface area contributed by atoms with Gasteiger partial charge in [0.05, 0.1) is 19.9 Å². The van der Waals surface area contributed by atoms with Gasteiger partial charge in [-0.05, 0) is 33.7 Å². The third-order valence-corrected chi connectivity index (χ3v) is 5.68. The van der Waals surface area contributed by atoms with Crippen molar-refractivity contribution in [1.29, 1.82) is 0 Å². The van der Waals surface area contributed by atoms with Crippen LogP contribution >= 0.6 is 0 Å². The lowest BCUT2D eigenvalue weighted by Gasteiger charge is -2.10. The van der Waals surface area contributed by atoms with E-state index in [0.717, 1.165) is 27.1 Å². The molecule has 0 spiro atoms. The third kappa shape index (κ3) is 3.32. The van der Waals surface area contributed by atoms with E-state index < -0.39 is 11.9 Å². The van der Waals surface area contributed by atoms with E-state index in [1.807, 2.05) is 78.9 Å². The van der Waals surface area contributed by atoms with Gasteiger partial charge in [-0.2, -0.15) is 5.10 Å². The van der Waals surface area contributed by atoms with Crippen LogP contribution in [0.3, 0.4) is 0 Å². The van der Waals surface area contributed by atoms with E-state index in [1.165, 1.54) is 18.9 Å². The fourth-order valence-electron chi connectivity index (χ4n) is 4.20. The first-order chi connectivity index (χ1) is 16.1. The normalized spacial score (nSPS) is 11.0. The Hall–Kier alpha value is -4.45. The Bertz CT molecular complexity index is 1520. The highest BCUT2D eigenvalue weighted by atomic mass is 16.5. The lowest BCUT2D eigenvalue weighted by molar-refractivity contribution is 0.0549. The molecule has 0 aliphatic carbocycles. The first-order valence-corrected chi connectivity index (χ1v) is 10.4. The molecule has 0 bridgehead atoms. The van der Waals surface area contributed by atoms with Crippen LogP contribution in [-0.2, 0) is 9.47 Å². The van der Waals surface area contributed by atoms with Gasteiger partial charge in [0.2, 0.25) is 0 Å². The summed E-state index contributed by atoms with van der Waals surface area (Å²) in [7, 11) is 2.56. The quantitative estimate of drug-likeness (QED) is 0.278. The van der Waals surface area contributed by atoms with Crippen molar-refractivity contribution in [2.75, 3.05) is 14.2 Å². The number of ether oxygens (including phenoxy) is 2. The van der Waals surface area contributed by atoms with Crippen molar-refractivity contribution in [2.24, 2.45) is 0 Å². The average molecular weight is 436 g/mol. The van der Waals surface area contributed by atoms with Crippen LogP contribution in [0.25, 0.3) is 38.5 Å². The van der Waals surface area contributed by atoms with Gasteiger partial charge in [-0.25, -0.2) is 14.3 Å². The number of nitrogens with zero attached hydrogens (tertiary/aromatic N) is 2. The van der Waals surface area contributed by atoms with Gasteiger partial charge < -0.3 is 9.47 Å². The molecule has 0 aliphatic rings. The van der Waals surface area contributed by atoms with Crippen molar-refractivity contribution >= 4 is 33.5 Å². The minimum absolute atomic E-state index is 0.0165. The largest absolute Gasteiger partial charge is 0.465 e. The van der Waals surface area contributed by atoms with Gasteiger partial charge in [0.25, 0.3) is 0 Å². The molecule has 162 valence electrons. The second-order valence-corrected chi connectivity index (χ2v) is 7.49. The lowest BCUT2D eigenvalue weighted by Crippen LogP contribution is -2.15. The smallest absolute Gasteiger partial charge is 0.357 e. The molecule has 5 aromatic rings. The van der Waals surface area contributed by atoms with E-state index >= 15 is 0 Å². The summed E-state index contributed by atoms with van der Waals surface area (Å²) in [6.45, 7) is 0. The number of hydrogen-bond donors (Lipinski definition) is 0. The third-order valence-electron chi connectivity index (χ3n) is 5.68. The van der Waals surface area contributed by atoms with E-state index in [9.17, 15) is 9.59 Å². The molecule has 6 nitrogen and oxygen atoms in total. The summed E-state index contributed by atoms with van der Waals surface area (Å²) in [4.78, 5) is 25.9. The SMILES string of the molecule is COC(=O)c1c(-c2cccc3ccc4ccccc4c23)nn(-c2ccccc2)c1C(=O)OC. The number of rotatable bonds is 4. The molecule has 0 fully saturated rings. The van der Waals surface area contributed by atoms with Crippen LogP contribution in [0, 0.1) is 0 Å². The van der Waals surface area contributed by atoms with Crippen molar-refractivity contribution in [3.63, 3.8) is 0 Å². The molecule has 0 saturated heterocycles. The summed E-state index contributed by atoms with van der Waals surface area (Å²) in [6, 6.07) is 27.1. The molecule has 0 amide bonds. The Kier molecular flexibility index (Phi) is 5.11. The highest BCUT2D eigenvalue weighted by Gasteiger charge is 2.32. The van der Waals surface area contributed by atoms with Crippen LogP contribution in [0.5, 0.6) is 0 Å². The summed E-state index contributed by atoms with van der Waals surface area (Å²) < 4.78 is 11.6. The van der Waals surface area contributed by atoms with Gasteiger partial charge in [-0.3, -0.25) is 0 Å². The predicted octanol–water partition coefficient (Wildman–Crippen LogP) is 5.42. The molecule has 1 heterocycles. The number of benzene rings is 4. The highest BCUT2D eigenvalue weighted by Crippen LogP contribution is 2.37. The van der Waals surface area contributed by atoms with Crippen LogP contribution in [0.2, 0.25) is 0 Å². The van der Waals surface area contributed by atoms with Gasteiger partial charge in [0.1, 0.15) is 11.3 Å². The van der Waals surface area contributed by atoms with E-state index in [0.29, 0.717) is 11.4 Å². The lowest BCUT2D eigenvalue weighted by atomic mass is 9.94. The van der Waals surface area contributed by atoms with E-state index in [1.54, 1.807) is 0 Å². The second kappa shape index (κ2) is 8.24. The molecule has 6 heteroatoms. The van der Waals surface area contributed by atoms with E-state index in [2.05, 4.69) is 6.07 Å². The predicted molar refractivity (Wildman–Crippen MR) is 127 cm³/mol. The number of para-hydroxylation sites is 1. The van der Waals surface area contributed by atoms with Gasteiger partial charge in [-0.15, -0.1) is 0 Å². The zero-order chi connectivity index (χ0) is 22.9. The Balaban J connectivity index is 1.93. The van der Waals surface area contributed by atoms with E-state index in [-0.39, 0.29) is 11.3 Å². The number of hydrogen-bond acceptors (Lipinski definition) is 5. The summed E-state index contributed by atoms with van der Waals surface area (Å²) in [5, 5.41) is 8.78. The van der Waals surface area contributed by atoms with Crippen molar-refractivity contribution in [1.82, 2.24) is 9.78 Å². The molecule has 5 rings (SSSR count). The standard InChI is InChI=1S/C27H20N2O4/c1-32-26(30)23-24(28-29(25(23)27(31)33-2)19-11-4-3-5-12-19)21-14-8-10-18-16-15-17-9-6-7-13-20(17)22(18)21/h3-16H,1-2H3. The van der Waals surface area contributed by atoms with Crippen LogP contribution in [0.1, 0.15) is 20.8 Å². The van der Waals surface area contributed by atoms with Gasteiger partial charge >= 0.3 is 11.9 Å². The maximum Gasteiger partial charge on any atom is 0.357 e. The molecule has 33 heavy (non-hydrogen) atoms. The molecular formula is C27H20N2O4. The Morgan fingerprint density at radius 2 is 1.39 bits per heavy atom. The van der Waals surface area contributed by atoms with Crippen molar-refractivity contribution in [3.05, 3.63) is 96.2 Å². The minimum atomic E-state index is -0.678. The second-order valence-electron chi connectivity index (χ2n) is 7.49. The number of carbonyl (C=O) groups excluding carboxylic acids is 2. The summed E-state index contributed by atoms with van der Waals surface area (Å²) in [5.41, 5.74) is 1.79. The van der Waals surface area contributed by atoms with Gasteiger partial charge in [0, 0.05) is 5.56 Å². The van der Waals surface area contributed by atoms with Crippen molar-refractivity contribution in [2.45, 2.75) is 0 Å². The number of aromatic nitrogens is 2. The highest BCUT2D eigenvalue weighted by molar-refractivity contribution is 6.16. The molecule has 0 saturated carbocycles. The van der Waals surface area contributed by atoms with Gasteiger partial charge in [-0.1, -0.05) is 72.8 Å². The first-order valence-electron chi connectivity index (χ1n) is 10.4. The number of carbonyl (C=O) groups is 2. The van der Waals surface area contributed by atoms with Crippen molar-refractivity contribution < 1.29 is 19.1 Å². The van der Waals surface area contributed by atoms with Crippen molar-refractivity contribution in [3.8, 4) is 16.9 Å². The number of esters is 2. The zero-order valence-corrected chi connectivity index (χ0v) is 18.1. The number of methoxy groups -OCH3 is 2. The molecule has 0 unspecified atom stereocenters. The average Bonchev–Trinajstić information content (AvgIpc) is 3.28. The van der Waals surface area contributed by atoms with Crippen LogP contribution < -0.4 is 0 Å².